The highest BCUT2D eigenvalue weighted by Crippen LogP contribution is 2.17. The molecule has 2 heterocycles. The number of unbranched alkanes of at least 4 members (excludes halogenated alkanes) is 1. The number of aryl methyl sites for hydroxylation is 3. The van der Waals surface area contributed by atoms with Crippen LogP contribution >= 0.6 is 0 Å². The molecule has 0 saturated heterocycles. The fourth-order valence-electron chi connectivity index (χ4n) is 3.70. The first-order chi connectivity index (χ1) is 16.7. The lowest BCUT2D eigenvalue weighted by Gasteiger charge is -2.08. The van der Waals surface area contributed by atoms with Gasteiger partial charge in [-0.25, -0.2) is 9.97 Å². The second kappa shape index (κ2) is 12.0. The van der Waals surface area contributed by atoms with E-state index in [1.165, 1.54) is 11.1 Å². The van der Waals surface area contributed by atoms with Crippen LogP contribution in [-0.2, 0) is 26.0 Å². The standard InChI is InChI=1S/C28H31N3O3/c1-22-5-7-24(8-6-22)11-14-28-30-25(21-34-28)20-33-26-12-9-23(10-13-26)4-2-3-17-31-18-16-29-27(31)15-19-32/h5-14,16,18,21,32H,2-4,15,17,19-20H2,1H3. The first-order valence-electron chi connectivity index (χ1n) is 11.7. The largest absolute Gasteiger partial charge is 0.487 e. The lowest BCUT2D eigenvalue weighted by Crippen LogP contribution is -2.05. The number of nitrogens with zero attached hydrogens (tertiary/aromatic N) is 3. The van der Waals surface area contributed by atoms with Crippen molar-refractivity contribution in [2.45, 2.75) is 45.8 Å². The van der Waals surface area contributed by atoms with Crippen LogP contribution in [0.3, 0.4) is 0 Å². The molecule has 0 spiro atoms. The molecule has 34 heavy (non-hydrogen) atoms. The van der Waals surface area contributed by atoms with Crippen molar-refractivity contribution in [1.29, 1.82) is 0 Å². The van der Waals surface area contributed by atoms with E-state index in [1.54, 1.807) is 12.5 Å². The molecular weight excluding hydrogens is 426 g/mol. The molecule has 0 saturated carbocycles. The van der Waals surface area contributed by atoms with Crippen molar-refractivity contribution in [2.24, 2.45) is 0 Å². The van der Waals surface area contributed by atoms with Gasteiger partial charge in [0.15, 0.2) is 0 Å². The van der Waals surface area contributed by atoms with Gasteiger partial charge in [-0.3, -0.25) is 0 Å². The first kappa shape index (κ1) is 23.5. The Bertz CT molecular complexity index is 1170. The Balaban J connectivity index is 1.19. The Hall–Kier alpha value is -3.64. The number of hydrogen-bond donors (Lipinski definition) is 1. The number of ether oxygens (including phenoxy) is 1. The van der Waals surface area contributed by atoms with Crippen molar-refractivity contribution in [3.05, 3.63) is 101 Å². The molecule has 0 aliphatic rings. The number of benzene rings is 2. The predicted octanol–water partition coefficient (Wildman–Crippen LogP) is 5.49. The highest BCUT2D eigenvalue weighted by molar-refractivity contribution is 5.66. The summed E-state index contributed by atoms with van der Waals surface area (Å²) >= 11 is 0. The molecule has 4 aromatic rings. The molecule has 0 bridgehead atoms. The zero-order chi connectivity index (χ0) is 23.6. The molecule has 6 nitrogen and oxygen atoms in total. The summed E-state index contributed by atoms with van der Waals surface area (Å²) in [4.78, 5) is 8.76. The van der Waals surface area contributed by atoms with Gasteiger partial charge in [0.1, 0.15) is 30.1 Å². The van der Waals surface area contributed by atoms with E-state index < -0.39 is 0 Å². The van der Waals surface area contributed by atoms with E-state index >= 15 is 0 Å². The fourth-order valence-corrected chi connectivity index (χ4v) is 3.70. The van der Waals surface area contributed by atoms with E-state index in [4.69, 9.17) is 14.3 Å². The number of aliphatic hydroxyl groups is 1. The highest BCUT2D eigenvalue weighted by atomic mass is 16.5. The van der Waals surface area contributed by atoms with Crippen molar-refractivity contribution in [3.63, 3.8) is 0 Å². The van der Waals surface area contributed by atoms with E-state index in [0.29, 0.717) is 18.9 Å². The molecule has 0 atom stereocenters. The van der Waals surface area contributed by atoms with Gasteiger partial charge >= 0.3 is 0 Å². The zero-order valence-corrected chi connectivity index (χ0v) is 19.6. The smallest absolute Gasteiger partial charge is 0.218 e. The van der Waals surface area contributed by atoms with Crippen LogP contribution in [0.25, 0.3) is 12.2 Å². The zero-order valence-electron chi connectivity index (χ0n) is 19.6. The van der Waals surface area contributed by atoms with Gasteiger partial charge in [0, 0.05) is 31.4 Å². The second-order valence-corrected chi connectivity index (χ2v) is 8.32. The van der Waals surface area contributed by atoms with Gasteiger partial charge in [0.05, 0.1) is 6.61 Å². The van der Waals surface area contributed by atoms with Gasteiger partial charge in [-0.2, -0.15) is 0 Å². The van der Waals surface area contributed by atoms with E-state index in [9.17, 15) is 0 Å². The number of oxazole rings is 1. The topological polar surface area (TPSA) is 73.3 Å². The van der Waals surface area contributed by atoms with E-state index in [2.05, 4.69) is 57.9 Å². The van der Waals surface area contributed by atoms with E-state index in [0.717, 1.165) is 48.6 Å². The van der Waals surface area contributed by atoms with E-state index in [-0.39, 0.29) is 6.61 Å². The molecule has 4 rings (SSSR count). The third-order valence-corrected chi connectivity index (χ3v) is 5.63. The molecule has 0 amide bonds. The van der Waals surface area contributed by atoms with Crippen molar-refractivity contribution >= 4 is 12.2 Å². The number of imidazole rings is 1. The van der Waals surface area contributed by atoms with Gasteiger partial charge < -0.3 is 18.8 Å². The van der Waals surface area contributed by atoms with Crippen molar-refractivity contribution in [1.82, 2.24) is 14.5 Å². The molecule has 0 unspecified atom stereocenters. The Morgan fingerprint density at radius 3 is 2.62 bits per heavy atom. The molecule has 176 valence electrons. The van der Waals surface area contributed by atoms with Gasteiger partial charge in [-0.05, 0) is 55.5 Å². The molecular formula is C28H31N3O3. The normalized spacial score (nSPS) is 11.4. The number of aromatic nitrogens is 3. The summed E-state index contributed by atoms with van der Waals surface area (Å²) in [6, 6.07) is 16.5. The Labute approximate surface area is 200 Å². The summed E-state index contributed by atoms with van der Waals surface area (Å²) in [5.41, 5.74) is 4.39. The van der Waals surface area contributed by atoms with Crippen LogP contribution in [0, 0.1) is 6.92 Å². The minimum atomic E-state index is 0.133. The summed E-state index contributed by atoms with van der Waals surface area (Å²) in [5.74, 6) is 2.33. The third kappa shape index (κ3) is 6.93. The summed E-state index contributed by atoms with van der Waals surface area (Å²) in [5, 5.41) is 9.10. The summed E-state index contributed by atoms with van der Waals surface area (Å²) in [7, 11) is 0. The van der Waals surface area contributed by atoms with Gasteiger partial charge in [-0.1, -0.05) is 42.0 Å². The Morgan fingerprint density at radius 1 is 1.00 bits per heavy atom. The predicted molar refractivity (Wildman–Crippen MR) is 133 cm³/mol. The summed E-state index contributed by atoms with van der Waals surface area (Å²) < 4.78 is 13.5. The van der Waals surface area contributed by atoms with Gasteiger partial charge in [-0.15, -0.1) is 0 Å². The Kier molecular flexibility index (Phi) is 8.30. The molecule has 2 aromatic carbocycles. The average Bonchev–Trinajstić information content (AvgIpc) is 3.50. The van der Waals surface area contributed by atoms with Crippen LogP contribution in [-0.4, -0.2) is 26.2 Å². The molecule has 2 aromatic heterocycles. The molecule has 6 heteroatoms. The first-order valence-corrected chi connectivity index (χ1v) is 11.7. The lowest BCUT2D eigenvalue weighted by atomic mass is 10.1. The minimum absolute atomic E-state index is 0.133. The summed E-state index contributed by atoms with van der Waals surface area (Å²) in [6.07, 6.45) is 13.0. The quantitative estimate of drug-likeness (QED) is 0.285. The van der Waals surface area contributed by atoms with Gasteiger partial charge in [0.2, 0.25) is 5.89 Å². The lowest BCUT2D eigenvalue weighted by molar-refractivity contribution is 0.294. The highest BCUT2D eigenvalue weighted by Gasteiger charge is 2.04. The Morgan fingerprint density at radius 2 is 1.82 bits per heavy atom. The van der Waals surface area contributed by atoms with Gasteiger partial charge in [0.25, 0.3) is 0 Å². The molecule has 0 fully saturated rings. The van der Waals surface area contributed by atoms with Crippen LogP contribution in [0.1, 0.15) is 46.9 Å². The van der Waals surface area contributed by atoms with E-state index in [1.807, 2.05) is 30.5 Å². The molecule has 0 aliphatic heterocycles. The van der Waals surface area contributed by atoms with Crippen LogP contribution in [0.5, 0.6) is 5.75 Å². The maximum Gasteiger partial charge on any atom is 0.218 e. The summed E-state index contributed by atoms with van der Waals surface area (Å²) in [6.45, 7) is 3.50. The minimum Gasteiger partial charge on any atom is -0.487 e. The number of rotatable bonds is 12. The fraction of sp³-hybridized carbons (Fsp3) is 0.286. The average molecular weight is 458 g/mol. The molecule has 0 radical (unpaired) electrons. The second-order valence-electron chi connectivity index (χ2n) is 8.32. The maximum atomic E-state index is 9.10. The third-order valence-electron chi connectivity index (χ3n) is 5.63. The SMILES string of the molecule is Cc1ccc(C=Cc2nc(COc3ccc(CCCCn4ccnc4CCO)cc3)co2)cc1. The maximum absolute atomic E-state index is 9.10. The van der Waals surface area contributed by atoms with Crippen molar-refractivity contribution < 1.29 is 14.3 Å². The van der Waals surface area contributed by atoms with Crippen LogP contribution in [0.2, 0.25) is 0 Å². The number of aliphatic hydroxyl groups excluding tert-OH is 1. The van der Waals surface area contributed by atoms with Crippen molar-refractivity contribution in [2.75, 3.05) is 6.61 Å². The van der Waals surface area contributed by atoms with Crippen LogP contribution < -0.4 is 4.74 Å². The van der Waals surface area contributed by atoms with Crippen LogP contribution in [0.15, 0.2) is 71.6 Å². The number of hydrogen-bond acceptors (Lipinski definition) is 5. The molecule has 0 aliphatic carbocycles. The monoisotopic (exact) mass is 457 g/mol. The van der Waals surface area contributed by atoms with Crippen molar-refractivity contribution in [3.8, 4) is 5.75 Å². The molecule has 1 N–H and O–H groups in total. The van der Waals surface area contributed by atoms with Crippen LogP contribution in [0.4, 0.5) is 0 Å².